The molecule has 1 N–H and O–H groups in total. The molecule has 0 saturated carbocycles. The van der Waals surface area contributed by atoms with Gasteiger partial charge in [0.1, 0.15) is 0 Å². The fourth-order valence-corrected chi connectivity index (χ4v) is 1.51. The molecule has 1 heterocycles. The van der Waals surface area contributed by atoms with Crippen LogP contribution in [0.1, 0.15) is 17.3 Å². The number of carbonyl (C=O) groups is 1. The molecule has 2 aromatic rings. The fraction of sp³-hybridized carbons (Fsp3) is 0.273. The van der Waals surface area contributed by atoms with Gasteiger partial charge in [-0.1, -0.05) is 6.07 Å². The van der Waals surface area contributed by atoms with Gasteiger partial charge < -0.3 is 5.32 Å². The zero-order valence-corrected chi connectivity index (χ0v) is 8.82. The van der Waals surface area contributed by atoms with Gasteiger partial charge in [0, 0.05) is 30.7 Å². The van der Waals surface area contributed by atoms with Crippen molar-refractivity contribution in [2.24, 2.45) is 0 Å². The van der Waals surface area contributed by atoms with Crippen molar-refractivity contribution in [2.75, 3.05) is 7.05 Å². The van der Waals surface area contributed by atoms with Crippen LogP contribution >= 0.6 is 0 Å². The highest BCUT2D eigenvalue weighted by Crippen LogP contribution is 2.14. The number of aromatic nitrogens is 2. The van der Waals surface area contributed by atoms with Crippen LogP contribution in [0.15, 0.2) is 24.4 Å². The fourth-order valence-electron chi connectivity index (χ4n) is 1.51. The Morgan fingerprint density at radius 2 is 2.33 bits per heavy atom. The summed E-state index contributed by atoms with van der Waals surface area (Å²) in [5.41, 5.74) is 1.50. The number of nitrogens with zero attached hydrogens (tertiary/aromatic N) is 2. The first-order chi connectivity index (χ1) is 7.24. The average Bonchev–Trinajstić information content (AvgIpc) is 2.69. The minimum atomic E-state index is -0.0806. The summed E-state index contributed by atoms with van der Waals surface area (Å²) in [6.45, 7) is 2.87. The number of rotatable bonds is 2. The monoisotopic (exact) mass is 203 g/mol. The van der Waals surface area contributed by atoms with Gasteiger partial charge in [0.05, 0.1) is 5.52 Å². The third-order valence-electron chi connectivity index (χ3n) is 2.37. The van der Waals surface area contributed by atoms with Gasteiger partial charge in [-0.3, -0.25) is 9.48 Å². The van der Waals surface area contributed by atoms with Gasteiger partial charge in [-0.15, -0.1) is 0 Å². The Morgan fingerprint density at radius 3 is 3.00 bits per heavy atom. The van der Waals surface area contributed by atoms with Crippen LogP contribution < -0.4 is 5.32 Å². The van der Waals surface area contributed by atoms with Crippen LogP contribution in [-0.4, -0.2) is 22.7 Å². The maximum atomic E-state index is 11.4. The van der Waals surface area contributed by atoms with Crippen molar-refractivity contribution in [1.29, 1.82) is 0 Å². The summed E-state index contributed by atoms with van der Waals surface area (Å²) in [4.78, 5) is 11.4. The zero-order chi connectivity index (χ0) is 10.8. The number of nitrogens with one attached hydrogen (secondary N) is 1. The Hall–Kier alpha value is -1.84. The number of hydrogen-bond acceptors (Lipinski definition) is 2. The molecule has 0 radical (unpaired) electrons. The van der Waals surface area contributed by atoms with Gasteiger partial charge in [-0.25, -0.2) is 0 Å². The molecular formula is C11H13N3O. The number of benzene rings is 1. The van der Waals surface area contributed by atoms with E-state index < -0.39 is 0 Å². The summed E-state index contributed by atoms with van der Waals surface area (Å²) >= 11 is 0. The van der Waals surface area contributed by atoms with Crippen LogP contribution in [-0.2, 0) is 6.54 Å². The van der Waals surface area contributed by atoms with Crippen molar-refractivity contribution in [3.05, 3.63) is 30.0 Å². The van der Waals surface area contributed by atoms with Crippen molar-refractivity contribution < 1.29 is 4.79 Å². The van der Waals surface area contributed by atoms with E-state index in [2.05, 4.69) is 10.4 Å². The van der Waals surface area contributed by atoms with Crippen LogP contribution in [0.25, 0.3) is 10.9 Å². The highest BCUT2D eigenvalue weighted by atomic mass is 16.1. The lowest BCUT2D eigenvalue weighted by atomic mass is 10.1. The molecule has 2 rings (SSSR count). The summed E-state index contributed by atoms with van der Waals surface area (Å²) in [6, 6.07) is 5.53. The third-order valence-corrected chi connectivity index (χ3v) is 2.37. The average molecular weight is 203 g/mol. The molecule has 4 heteroatoms. The molecule has 0 saturated heterocycles. The lowest BCUT2D eigenvalue weighted by Gasteiger charge is -1.97. The maximum absolute atomic E-state index is 11.4. The Bertz CT molecular complexity index is 502. The quantitative estimate of drug-likeness (QED) is 0.802. The van der Waals surface area contributed by atoms with Crippen molar-refractivity contribution >= 4 is 16.8 Å². The van der Waals surface area contributed by atoms with E-state index in [1.165, 1.54) is 0 Å². The van der Waals surface area contributed by atoms with Gasteiger partial charge >= 0.3 is 0 Å². The van der Waals surface area contributed by atoms with Gasteiger partial charge in [0.25, 0.3) is 5.91 Å². The predicted octanol–water partition coefficient (Wildman–Crippen LogP) is 1.42. The second kappa shape index (κ2) is 3.73. The minimum absolute atomic E-state index is 0.0806. The minimum Gasteiger partial charge on any atom is -0.355 e. The third kappa shape index (κ3) is 1.70. The molecule has 0 unspecified atom stereocenters. The van der Waals surface area contributed by atoms with Crippen LogP contribution in [0.3, 0.4) is 0 Å². The largest absolute Gasteiger partial charge is 0.355 e. The van der Waals surface area contributed by atoms with Crippen LogP contribution in [0, 0.1) is 0 Å². The molecule has 0 spiro atoms. The lowest BCUT2D eigenvalue weighted by molar-refractivity contribution is 0.0963. The molecule has 0 aliphatic carbocycles. The summed E-state index contributed by atoms with van der Waals surface area (Å²) in [5, 5.41) is 8.00. The number of carbonyl (C=O) groups excluding carboxylic acids is 1. The molecule has 0 bridgehead atoms. The molecule has 15 heavy (non-hydrogen) atoms. The maximum Gasteiger partial charge on any atom is 0.251 e. The van der Waals surface area contributed by atoms with E-state index in [0.29, 0.717) is 5.56 Å². The van der Waals surface area contributed by atoms with E-state index in [-0.39, 0.29) is 5.91 Å². The van der Waals surface area contributed by atoms with E-state index in [0.717, 1.165) is 17.4 Å². The molecule has 1 amide bonds. The second-order valence-electron chi connectivity index (χ2n) is 3.34. The number of fused-ring (bicyclic) bond motifs is 1. The van der Waals surface area contributed by atoms with Crippen molar-refractivity contribution in [3.63, 3.8) is 0 Å². The first-order valence-corrected chi connectivity index (χ1v) is 4.94. The Kier molecular flexibility index (Phi) is 2.41. The molecule has 4 nitrogen and oxygen atoms in total. The van der Waals surface area contributed by atoms with E-state index in [4.69, 9.17) is 0 Å². The molecular weight excluding hydrogens is 190 g/mol. The standard InChI is InChI=1S/C11H13N3O/c1-3-14-7-9-5-4-8(11(15)12-2)6-10(9)13-14/h4-7H,3H2,1-2H3,(H,12,15). The van der Waals surface area contributed by atoms with Crippen molar-refractivity contribution in [1.82, 2.24) is 15.1 Å². The summed E-state index contributed by atoms with van der Waals surface area (Å²) in [7, 11) is 1.62. The summed E-state index contributed by atoms with van der Waals surface area (Å²) in [6.07, 6.45) is 1.98. The smallest absolute Gasteiger partial charge is 0.251 e. The van der Waals surface area contributed by atoms with Gasteiger partial charge in [-0.05, 0) is 19.1 Å². The SMILES string of the molecule is CCn1cc2ccc(C(=O)NC)cc2n1. The van der Waals surface area contributed by atoms with Gasteiger partial charge in [-0.2, -0.15) is 5.10 Å². The topological polar surface area (TPSA) is 46.9 Å². The molecule has 78 valence electrons. The summed E-state index contributed by atoms with van der Waals surface area (Å²) in [5.74, 6) is -0.0806. The highest BCUT2D eigenvalue weighted by Gasteiger charge is 2.05. The number of hydrogen-bond donors (Lipinski definition) is 1. The second-order valence-corrected chi connectivity index (χ2v) is 3.34. The van der Waals surface area contributed by atoms with E-state index in [1.54, 1.807) is 13.1 Å². The zero-order valence-electron chi connectivity index (χ0n) is 8.82. The molecule has 1 aromatic heterocycles. The van der Waals surface area contributed by atoms with Gasteiger partial charge in [0.2, 0.25) is 0 Å². The molecule has 0 fully saturated rings. The van der Waals surface area contributed by atoms with Crippen LogP contribution in [0.4, 0.5) is 0 Å². The van der Waals surface area contributed by atoms with E-state index in [1.807, 2.05) is 29.9 Å². The normalized spacial score (nSPS) is 10.5. The highest BCUT2D eigenvalue weighted by molar-refractivity contribution is 5.97. The van der Waals surface area contributed by atoms with Crippen LogP contribution in [0.2, 0.25) is 0 Å². The first kappa shape index (κ1) is 9.71. The van der Waals surface area contributed by atoms with Crippen LogP contribution in [0.5, 0.6) is 0 Å². The summed E-state index contributed by atoms with van der Waals surface area (Å²) < 4.78 is 1.86. The molecule has 0 aliphatic rings. The number of amides is 1. The van der Waals surface area contributed by atoms with E-state index >= 15 is 0 Å². The van der Waals surface area contributed by atoms with Gasteiger partial charge in [0.15, 0.2) is 0 Å². The molecule has 0 atom stereocenters. The Balaban J connectivity index is 2.50. The Labute approximate surface area is 87.9 Å². The molecule has 1 aromatic carbocycles. The number of aryl methyl sites for hydroxylation is 1. The molecule has 0 aliphatic heterocycles. The first-order valence-electron chi connectivity index (χ1n) is 4.94. The Morgan fingerprint density at radius 1 is 1.53 bits per heavy atom. The predicted molar refractivity (Wildman–Crippen MR) is 58.8 cm³/mol. The van der Waals surface area contributed by atoms with Crippen molar-refractivity contribution in [2.45, 2.75) is 13.5 Å². The van der Waals surface area contributed by atoms with E-state index in [9.17, 15) is 4.79 Å². The van der Waals surface area contributed by atoms with Crippen molar-refractivity contribution in [3.8, 4) is 0 Å². The lowest BCUT2D eigenvalue weighted by Crippen LogP contribution is -2.17.